The zero-order chi connectivity index (χ0) is 11.1. The minimum atomic E-state index is 0.215. The molecule has 0 bridgehead atoms. The van der Waals surface area contributed by atoms with E-state index in [1.165, 1.54) is 5.56 Å². The fraction of sp³-hybridized carbons (Fsp3) is 0.538. The first-order valence-corrected chi connectivity index (χ1v) is 6.10. The highest BCUT2D eigenvalue weighted by Crippen LogP contribution is 2.09. The van der Waals surface area contributed by atoms with Gasteiger partial charge in [-0.15, -0.1) is 11.6 Å². The maximum Gasteiger partial charge on any atom is 0.0503 e. The lowest BCUT2D eigenvalue weighted by Crippen LogP contribution is -2.30. The van der Waals surface area contributed by atoms with E-state index in [1.54, 1.807) is 0 Å². The van der Waals surface area contributed by atoms with E-state index in [4.69, 9.17) is 11.6 Å². The predicted molar refractivity (Wildman–Crippen MR) is 67.6 cm³/mol. The molecule has 0 aliphatic carbocycles. The molecule has 1 nitrogen and oxygen atoms in total. The van der Waals surface area contributed by atoms with Crippen LogP contribution in [0.2, 0.25) is 0 Å². The smallest absolute Gasteiger partial charge is 0.0503 e. The van der Waals surface area contributed by atoms with E-state index < -0.39 is 0 Å². The summed E-state index contributed by atoms with van der Waals surface area (Å²) in [6.07, 6.45) is 0.957. The molecule has 1 atom stereocenters. The van der Waals surface area contributed by atoms with Crippen LogP contribution in [0.5, 0.6) is 0 Å². The van der Waals surface area contributed by atoms with Gasteiger partial charge in [-0.05, 0) is 25.1 Å². The second-order valence-electron chi connectivity index (χ2n) is 3.77. The zero-order valence-corrected chi connectivity index (χ0v) is 10.4. The topological polar surface area (TPSA) is 3.24 Å². The average Bonchev–Trinajstić information content (AvgIpc) is 2.27. The first-order valence-electron chi connectivity index (χ1n) is 5.66. The molecule has 0 heterocycles. The molecular weight excluding hydrogens is 206 g/mol. The molecule has 0 amide bonds. The lowest BCUT2D eigenvalue weighted by molar-refractivity contribution is 0.302. The highest BCUT2D eigenvalue weighted by molar-refractivity contribution is 6.20. The van der Waals surface area contributed by atoms with E-state index in [1.807, 2.05) is 6.07 Å². The van der Waals surface area contributed by atoms with Crippen molar-refractivity contribution in [3.63, 3.8) is 0 Å². The van der Waals surface area contributed by atoms with Crippen LogP contribution in [0.15, 0.2) is 30.3 Å². The van der Waals surface area contributed by atoms with Crippen LogP contribution in [0.4, 0.5) is 0 Å². The average molecular weight is 226 g/mol. The molecule has 1 aromatic carbocycles. The molecule has 0 spiro atoms. The second kappa shape index (κ2) is 6.86. The van der Waals surface area contributed by atoms with Crippen molar-refractivity contribution in [1.82, 2.24) is 4.90 Å². The minimum Gasteiger partial charge on any atom is -0.302 e. The fourth-order valence-electron chi connectivity index (χ4n) is 1.70. The van der Waals surface area contributed by atoms with Crippen LogP contribution in [0.1, 0.15) is 19.4 Å². The third-order valence-corrected chi connectivity index (χ3v) is 2.94. The first kappa shape index (κ1) is 12.5. The van der Waals surface area contributed by atoms with Crippen LogP contribution in [0, 0.1) is 0 Å². The van der Waals surface area contributed by atoms with Crippen molar-refractivity contribution < 1.29 is 0 Å². The molecule has 0 aliphatic rings. The molecule has 0 saturated heterocycles. The van der Waals surface area contributed by atoms with Gasteiger partial charge in [0.2, 0.25) is 0 Å². The Labute approximate surface area is 98.0 Å². The summed E-state index contributed by atoms with van der Waals surface area (Å²) in [6, 6.07) is 10.4. The lowest BCUT2D eigenvalue weighted by Gasteiger charge is -2.21. The van der Waals surface area contributed by atoms with Crippen LogP contribution in [-0.4, -0.2) is 29.9 Å². The Balaban J connectivity index is 2.39. The molecule has 0 fully saturated rings. The van der Waals surface area contributed by atoms with Gasteiger partial charge in [-0.2, -0.15) is 0 Å². The second-order valence-corrected chi connectivity index (χ2v) is 4.39. The summed E-state index contributed by atoms with van der Waals surface area (Å²) in [6.45, 7) is 7.48. The van der Waals surface area contributed by atoms with Gasteiger partial charge in [-0.25, -0.2) is 0 Å². The molecule has 1 aromatic rings. The van der Waals surface area contributed by atoms with Crippen molar-refractivity contribution >= 4 is 11.6 Å². The standard InChI is InChI=1S/C13H20ClN/c1-3-15(4-2)11-13(14)10-12-8-6-5-7-9-12/h5-9,13H,3-4,10-11H2,1-2H3. The van der Waals surface area contributed by atoms with Crippen LogP contribution < -0.4 is 0 Å². The SMILES string of the molecule is CCN(CC)CC(Cl)Cc1ccccc1. The van der Waals surface area contributed by atoms with Gasteiger partial charge in [0.15, 0.2) is 0 Å². The molecule has 1 rings (SSSR count). The quantitative estimate of drug-likeness (QED) is 0.673. The molecule has 0 saturated carbocycles. The minimum absolute atomic E-state index is 0.215. The Morgan fingerprint density at radius 1 is 1.13 bits per heavy atom. The molecule has 0 N–H and O–H groups in total. The number of halogens is 1. The van der Waals surface area contributed by atoms with Gasteiger partial charge in [0.1, 0.15) is 0 Å². The van der Waals surface area contributed by atoms with Crippen LogP contribution in [0.3, 0.4) is 0 Å². The maximum atomic E-state index is 6.33. The Hall–Kier alpha value is -0.530. The summed E-state index contributed by atoms with van der Waals surface area (Å²) in [4.78, 5) is 2.36. The number of benzene rings is 1. The lowest BCUT2D eigenvalue weighted by atomic mass is 10.1. The summed E-state index contributed by atoms with van der Waals surface area (Å²) in [5.74, 6) is 0. The summed E-state index contributed by atoms with van der Waals surface area (Å²) in [5, 5.41) is 0.215. The highest BCUT2D eigenvalue weighted by Gasteiger charge is 2.09. The van der Waals surface area contributed by atoms with Gasteiger partial charge in [-0.1, -0.05) is 44.2 Å². The number of nitrogens with zero attached hydrogens (tertiary/aromatic N) is 1. The molecule has 0 aliphatic heterocycles. The summed E-state index contributed by atoms with van der Waals surface area (Å²) in [5.41, 5.74) is 1.32. The molecular formula is C13H20ClN. The third-order valence-electron chi connectivity index (χ3n) is 2.65. The van der Waals surface area contributed by atoms with Gasteiger partial charge in [0.25, 0.3) is 0 Å². The maximum absolute atomic E-state index is 6.33. The zero-order valence-electron chi connectivity index (χ0n) is 9.62. The van der Waals surface area contributed by atoms with Crippen molar-refractivity contribution in [2.24, 2.45) is 0 Å². The van der Waals surface area contributed by atoms with Gasteiger partial charge < -0.3 is 4.90 Å². The Bertz CT molecular complexity index is 256. The summed E-state index contributed by atoms with van der Waals surface area (Å²) < 4.78 is 0. The van der Waals surface area contributed by atoms with Crippen molar-refractivity contribution in [3.05, 3.63) is 35.9 Å². The monoisotopic (exact) mass is 225 g/mol. The largest absolute Gasteiger partial charge is 0.302 e. The number of rotatable bonds is 6. The Morgan fingerprint density at radius 3 is 2.27 bits per heavy atom. The van der Waals surface area contributed by atoms with E-state index >= 15 is 0 Å². The summed E-state index contributed by atoms with van der Waals surface area (Å²) >= 11 is 6.33. The molecule has 15 heavy (non-hydrogen) atoms. The molecule has 0 radical (unpaired) electrons. The third kappa shape index (κ3) is 4.67. The number of alkyl halides is 1. The van der Waals surface area contributed by atoms with Crippen LogP contribution >= 0.6 is 11.6 Å². The van der Waals surface area contributed by atoms with E-state index in [2.05, 4.69) is 43.0 Å². The van der Waals surface area contributed by atoms with E-state index in [-0.39, 0.29) is 5.38 Å². The highest BCUT2D eigenvalue weighted by atomic mass is 35.5. The van der Waals surface area contributed by atoms with Gasteiger partial charge in [0.05, 0.1) is 5.38 Å². The number of hydrogen-bond acceptors (Lipinski definition) is 1. The molecule has 1 unspecified atom stereocenters. The van der Waals surface area contributed by atoms with Crippen molar-refractivity contribution in [1.29, 1.82) is 0 Å². The van der Waals surface area contributed by atoms with Crippen LogP contribution in [0.25, 0.3) is 0 Å². The molecule has 2 heteroatoms. The van der Waals surface area contributed by atoms with Gasteiger partial charge >= 0.3 is 0 Å². The van der Waals surface area contributed by atoms with Crippen LogP contribution in [-0.2, 0) is 6.42 Å². The Kier molecular flexibility index (Phi) is 5.74. The van der Waals surface area contributed by atoms with Crippen molar-refractivity contribution in [2.75, 3.05) is 19.6 Å². The fourth-order valence-corrected chi connectivity index (χ4v) is 2.07. The Morgan fingerprint density at radius 2 is 1.73 bits per heavy atom. The van der Waals surface area contributed by atoms with E-state index in [9.17, 15) is 0 Å². The van der Waals surface area contributed by atoms with Gasteiger partial charge in [-0.3, -0.25) is 0 Å². The number of hydrogen-bond donors (Lipinski definition) is 0. The van der Waals surface area contributed by atoms with Crippen molar-refractivity contribution in [2.45, 2.75) is 25.6 Å². The van der Waals surface area contributed by atoms with E-state index in [0.717, 1.165) is 26.1 Å². The predicted octanol–water partition coefficient (Wildman–Crippen LogP) is 3.18. The summed E-state index contributed by atoms with van der Waals surface area (Å²) in [7, 11) is 0. The molecule has 0 aromatic heterocycles. The van der Waals surface area contributed by atoms with Crippen molar-refractivity contribution in [3.8, 4) is 0 Å². The van der Waals surface area contributed by atoms with E-state index in [0.29, 0.717) is 0 Å². The first-order chi connectivity index (χ1) is 7.26. The van der Waals surface area contributed by atoms with Gasteiger partial charge in [0, 0.05) is 6.54 Å². The normalized spacial score (nSPS) is 13.1. The molecule has 84 valence electrons.